The molecule has 0 spiro atoms. The smallest absolute Gasteiger partial charge is 0.0792 e. The maximum absolute atomic E-state index is 2.74. The molecule has 0 aromatic carbocycles. The SMILES string of the molecule is C[N+](C)(C)CCCN1CC2CCCC(C2)C1. The zero-order valence-corrected chi connectivity index (χ0v) is 11.4. The van der Waals surface area contributed by atoms with Gasteiger partial charge in [0.2, 0.25) is 0 Å². The summed E-state index contributed by atoms with van der Waals surface area (Å²) in [5.74, 6) is 2.08. The Kier molecular flexibility index (Phi) is 3.91. The summed E-state index contributed by atoms with van der Waals surface area (Å²) in [7, 11) is 6.89. The van der Waals surface area contributed by atoms with Gasteiger partial charge in [0.1, 0.15) is 0 Å². The van der Waals surface area contributed by atoms with Crippen LogP contribution in [0.5, 0.6) is 0 Å². The van der Waals surface area contributed by atoms with E-state index in [0.717, 1.165) is 16.3 Å². The van der Waals surface area contributed by atoms with Gasteiger partial charge in [-0.3, -0.25) is 0 Å². The Morgan fingerprint density at radius 2 is 1.69 bits per heavy atom. The van der Waals surface area contributed by atoms with Crippen LogP contribution >= 0.6 is 0 Å². The molecule has 2 nitrogen and oxygen atoms in total. The fraction of sp³-hybridized carbons (Fsp3) is 1.00. The van der Waals surface area contributed by atoms with Gasteiger partial charge >= 0.3 is 0 Å². The van der Waals surface area contributed by atoms with Gasteiger partial charge in [-0.15, -0.1) is 0 Å². The van der Waals surface area contributed by atoms with Gasteiger partial charge < -0.3 is 9.38 Å². The quantitative estimate of drug-likeness (QED) is 0.663. The van der Waals surface area contributed by atoms with Crippen LogP contribution in [0.3, 0.4) is 0 Å². The summed E-state index contributed by atoms with van der Waals surface area (Å²) in [5, 5.41) is 0. The molecule has 2 heteroatoms. The molecule has 1 saturated carbocycles. The molecular weight excluding hydrogens is 196 g/mol. The van der Waals surface area contributed by atoms with Gasteiger partial charge in [-0.1, -0.05) is 6.42 Å². The second-order valence-corrected chi connectivity index (χ2v) is 7.03. The molecule has 2 rings (SSSR count). The predicted octanol–water partition coefficient (Wildman–Crippen LogP) is 2.20. The van der Waals surface area contributed by atoms with E-state index in [1.807, 2.05) is 0 Å². The minimum Gasteiger partial charge on any atom is -0.331 e. The van der Waals surface area contributed by atoms with Crippen LogP contribution in [0.4, 0.5) is 0 Å². The number of likely N-dealkylation sites (tertiary alicyclic amines) is 1. The van der Waals surface area contributed by atoms with Gasteiger partial charge in [-0.05, 0) is 31.1 Å². The van der Waals surface area contributed by atoms with Gasteiger partial charge in [0, 0.05) is 26.1 Å². The van der Waals surface area contributed by atoms with E-state index in [4.69, 9.17) is 0 Å². The molecule has 0 N–H and O–H groups in total. The Morgan fingerprint density at radius 1 is 1.06 bits per heavy atom. The van der Waals surface area contributed by atoms with E-state index < -0.39 is 0 Å². The first kappa shape index (κ1) is 12.4. The topological polar surface area (TPSA) is 3.24 Å². The van der Waals surface area contributed by atoms with Crippen LogP contribution in [-0.4, -0.2) is 56.7 Å². The molecule has 16 heavy (non-hydrogen) atoms. The Labute approximate surface area is 101 Å². The first-order valence-electron chi connectivity index (χ1n) is 7.06. The van der Waals surface area contributed by atoms with Crippen LogP contribution in [0.15, 0.2) is 0 Å². The van der Waals surface area contributed by atoms with Crippen molar-refractivity contribution < 1.29 is 4.48 Å². The van der Waals surface area contributed by atoms with Crippen molar-refractivity contribution in [3.8, 4) is 0 Å². The maximum Gasteiger partial charge on any atom is 0.0792 e. The first-order valence-corrected chi connectivity index (χ1v) is 7.06. The summed E-state index contributed by atoms with van der Waals surface area (Å²) in [5.41, 5.74) is 0. The minimum absolute atomic E-state index is 1.04. The predicted molar refractivity (Wildman–Crippen MR) is 69.4 cm³/mol. The Hall–Kier alpha value is -0.0800. The molecule has 0 radical (unpaired) electrons. The van der Waals surface area contributed by atoms with Gasteiger partial charge in [-0.25, -0.2) is 0 Å². The summed E-state index contributed by atoms with van der Waals surface area (Å²) in [6, 6.07) is 0. The highest BCUT2D eigenvalue weighted by Crippen LogP contribution is 2.34. The van der Waals surface area contributed by atoms with Gasteiger partial charge in [0.15, 0.2) is 0 Å². The van der Waals surface area contributed by atoms with Crippen LogP contribution in [0.25, 0.3) is 0 Å². The lowest BCUT2D eigenvalue weighted by molar-refractivity contribution is -0.870. The minimum atomic E-state index is 1.04. The standard InChI is InChI=1S/C14H29N2/c1-16(2,3)9-5-8-15-11-13-6-4-7-14(10-13)12-15/h13-14H,4-12H2,1-3H3/q+1. The van der Waals surface area contributed by atoms with E-state index in [-0.39, 0.29) is 0 Å². The van der Waals surface area contributed by atoms with Crippen molar-refractivity contribution in [1.82, 2.24) is 4.90 Å². The molecule has 0 amide bonds. The van der Waals surface area contributed by atoms with Gasteiger partial charge in [0.05, 0.1) is 27.7 Å². The Balaban J connectivity index is 1.70. The zero-order chi connectivity index (χ0) is 11.6. The van der Waals surface area contributed by atoms with Crippen molar-refractivity contribution in [3.63, 3.8) is 0 Å². The third-order valence-corrected chi connectivity index (χ3v) is 4.23. The van der Waals surface area contributed by atoms with E-state index in [1.54, 1.807) is 0 Å². The molecule has 0 aromatic rings. The van der Waals surface area contributed by atoms with Crippen molar-refractivity contribution in [1.29, 1.82) is 0 Å². The van der Waals surface area contributed by atoms with Gasteiger partial charge in [0.25, 0.3) is 0 Å². The molecule has 2 fully saturated rings. The zero-order valence-electron chi connectivity index (χ0n) is 11.4. The largest absolute Gasteiger partial charge is 0.331 e. The lowest BCUT2D eigenvalue weighted by Crippen LogP contribution is -2.44. The van der Waals surface area contributed by atoms with E-state index in [1.165, 1.54) is 58.3 Å². The first-order chi connectivity index (χ1) is 7.53. The summed E-state index contributed by atoms with van der Waals surface area (Å²) >= 11 is 0. The highest BCUT2D eigenvalue weighted by Gasteiger charge is 2.30. The maximum atomic E-state index is 2.74. The fourth-order valence-corrected chi connectivity index (χ4v) is 3.49. The fourth-order valence-electron chi connectivity index (χ4n) is 3.49. The Bertz CT molecular complexity index is 207. The monoisotopic (exact) mass is 225 g/mol. The lowest BCUT2D eigenvalue weighted by Gasteiger charge is -2.41. The van der Waals surface area contributed by atoms with Crippen molar-refractivity contribution in [2.75, 3.05) is 47.3 Å². The molecule has 1 heterocycles. The lowest BCUT2D eigenvalue weighted by atomic mass is 9.78. The summed E-state index contributed by atoms with van der Waals surface area (Å²) in [4.78, 5) is 2.74. The third kappa shape index (κ3) is 3.74. The molecule has 2 bridgehead atoms. The number of fused-ring (bicyclic) bond motifs is 2. The average Bonchev–Trinajstić information content (AvgIpc) is 2.15. The van der Waals surface area contributed by atoms with Crippen LogP contribution in [0.1, 0.15) is 32.1 Å². The summed E-state index contributed by atoms with van der Waals surface area (Å²) < 4.78 is 1.11. The molecule has 2 aliphatic rings. The number of hydrogen-bond acceptors (Lipinski definition) is 1. The third-order valence-electron chi connectivity index (χ3n) is 4.23. The number of rotatable bonds is 4. The van der Waals surface area contributed by atoms with Crippen LogP contribution in [-0.2, 0) is 0 Å². The van der Waals surface area contributed by atoms with Crippen LogP contribution < -0.4 is 0 Å². The highest BCUT2D eigenvalue weighted by molar-refractivity contribution is 4.83. The second kappa shape index (κ2) is 5.05. The van der Waals surface area contributed by atoms with Crippen molar-refractivity contribution in [2.45, 2.75) is 32.1 Å². The van der Waals surface area contributed by atoms with Crippen molar-refractivity contribution in [3.05, 3.63) is 0 Å². The molecule has 2 atom stereocenters. The van der Waals surface area contributed by atoms with E-state index in [9.17, 15) is 0 Å². The molecule has 94 valence electrons. The van der Waals surface area contributed by atoms with E-state index in [0.29, 0.717) is 0 Å². The molecule has 1 saturated heterocycles. The summed E-state index contributed by atoms with van der Waals surface area (Å²) in [6.45, 7) is 5.44. The van der Waals surface area contributed by atoms with Crippen LogP contribution in [0.2, 0.25) is 0 Å². The van der Waals surface area contributed by atoms with Crippen molar-refractivity contribution >= 4 is 0 Å². The normalized spacial score (nSPS) is 31.7. The average molecular weight is 225 g/mol. The summed E-state index contributed by atoms with van der Waals surface area (Å²) in [6.07, 6.45) is 7.40. The molecule has 0 aromatic heterocycles. The molecule has 1 aliphatic heterocycles. The molecule has 2 unspecified atom stereocenters. The molecular formula is C14H29N2+. The van der Waals surface area contributed by atoms with Gasteiger partial charge in [-0.2, -0.15) is 0 Å². The number of nitrogens with zero attached hydrogens (tertiary/aromatic N) is 2. The van der Waals surface area contributed by atoms with Crippen molar-refractivity contribution in [2.24, 2.45) is 11.8 Å². The highest BCUT2D eigenvalue weighted by atomic mass is 15.3. The number of piperidine rings is 1. The van der Waals surface area contributed by atoms with E-state index in [2.05, 4.69) is 26.0 Å². The van der Waals surface area contributed by atoms with E-state index >= 15 is 0 Å². The van der Waals surface area contributed by atoms with Crippen LogP contribution in [0, 0.1) is 11.8 Å². The number of hydrogen-bond donors (Lipinski definition) is 0. The number of quaternary nitrogens is 1. The Morgan fingerprint density at radius 3 is 2.25 bits per heavy atom. The molecule has 1 aliphatic carbocycles. The second-order valence-electron chi connectivity index (χ2n) is 7.03.